The lowest BCUT2D eigenvalue weighted by Gasteiger charge is -2.27. The molecule has 0 bridgehead atoms. The van der Waals surface area contributed by atoms with Gasteiger partial charge in [-0.2, -0.15) is 0 Å². The fourth-order valence-electron chi connectivity index (χ4n) is 3.72. The molecule has 0 radical (unpaired) electrons. The van der Waals surface area contributed by atoms with Gasteiger partial charge in [0.2, 0.25) is 0 Å². The monoisotopic (exact) mass is 363 g/mol. The summed E-state index contributed by atoms with van der Waals surface area (Å²) in [5, 5.41) is 4.33. The Morgan fingerprint density at radius 1 is 1.11 bits per heavy atom. The molecule has 2 aromatic heterocycles. The van der Waals surface area contributed by atoms with E-state index < -0.39 is 0 Å². The number of rotatable bonds is 5. The number of hydrogen-bond donors (Lipinski definition) is 0. The van der Waals surface area contributed by atoms with Crippen molar-refractivity contribution in [3.05, 3.63) is 66.2 Å². The number of pyridine rings is 1. The van der Waals surface area contributed by atoms with E-state index in [1.165, 1.54) is 19.3 Å². The number of likely N-dealkylation sites (tertiary alicyclic amines) is 1. The summed E-state index contributed by atoms with van der Waals surface area (Å²) in [7, 11) is 1.67. The average Bonchev–Trinajstić information content (AvgIpc) is 3.10. The Morgan fingerprint density at radius 3 is 2.78 bits per heavy atom. The Kier molecular flexibility index (Phi) is 5.49. The zero-order valence-electron chi connectivity index (χ0n) is 15.7. The summed E-state index contributed by atoms with van der Waals surface area (Å²) in [6.45, 7) is 1.89. The molecule has 3 heterocycles. The fraction of sp³-hybridized carbons (Fsp3) is 0.364. The molecule has 0 amide bonds. The van der Waals surface area contributed by atoms with Gasteiger partial charge in [-0.05, 0) is 55.8 Å². The zero-order valence-corrected chi connectivity index (χ0v) is 15.7. The van der Waals surface area contributed by atoms with Gasteiger partial charge in [-0.3, -0.25) is 9.88 Å². The van der Waals surface area contributed by atoms with Crippen molar-refractivity contribution >= 4 is 0 Å². The second-order valence-electron chi connectivity index (χ2n) is 7.00. The van der Waals surface area contributed by atoms with Gasteiger partial charge in [0.25, 0.3) is 0 Å². The molecule has 1 fully saturated rings. The minimum absolute atomic E-state index is 0.244. The predicted octanol–water partition coefficient (Wildman–Crippen LogP) is 4.86. The van der Waals surface area contributed by atoms with Crippen molar-refractivity contribution in [1.29, 1.82) is 0 Å². The second-order valence-corrected chi connectivity index (χ2v) is 7.00. The maximum Gasteiger partial charge on any atom is 0.154 e. The molecule has 3 aromatic rings. The van der Waals surface area contributed by atoms with Gasteiger partial charge in [-0.1, -0.05) is 24.1 Å². The molecule has 0 N–H and O–H groups in total. The Hall–Kier alpha value is -2.66. The Bertz CT molecular complexity index is 846. The highest BCUT2D eigenvalue weighted by Crippen LogP contribution is 2.33. The SMILES string of the molecule is COc1ccc(-c2cc(C3CCCCCN3Cc3ccccn3)on2)cc1. The van der Waals surface area contributed by atoms with Gasteiger partial charge in [-0.25, -0.2) is 0 Å². The van der Waals surface area contributed by atoms with Crippen molar-refractivity contribution in [1.82, 2.24) is 15.0 Å². The number of ether oxygens (including phenoxy) is 1. The van der Waals surface area contributed by atoms with E-state index in [0.29, 0.717) is 0 Å². The second kappa shape index (κ2) is 8.35. The first-order chi connectivity index (χ1) is 13.3. The highest BCUT2D eigenvalue weighted by atomic mass is 16.5. The molecule has 1 aliphatic heterocycles. The molecule has 5 nitrogen and oxygen atoms in total. The molecule has 0 aliphatic carbocycles. The van der Waals surface area contributed by atoms with Crippen LogP contribution in [0.15, 0.2) is 59.3 Å². The number of methoxy groups -OCH3 is 1. The first-order valence-electron chi connectivity index (χ1n) is 9.58. The molecule has 140 valence electrons. The number of hydrogen-bond acceptors (Lipinski definition) is 5. The normalized spacial score (nSPS) is 18.2. The summed E-state index contributed by atoms with van der Waals surface area (Å²) >= 11 is 0. The van der Waals surface area contributed by atoms with E-state index >= 15 is 0 Å². The van der Waals surface area contributed by atoms with Crippen LogP contribution in [-0.2, 0) is 6.54 Å². The highest BCUT2D eigenvalue weighted by molar-refractivity contribution is 5.60. The van der Waals surface area contributed by atoms with Crippen LogP contribution in [0.4, 0.5) is 0 Å². The van der Waals surface area contributed by atoms with Crippen LogP contribution < -0.4 is 4.74 Å². The Labute approximate surface area is 160 Å². The smallest absolute Gasteiger partial charge is 0.154 e. The Morgan fingerprint density at radius 2 is 2.00 bits per heavy atom. The van der Waals surface area contributed by atoms with Crippen LogP contribution in [0.3, 0.4) is 0 Å². The van der Waals surface area contributed by atoms with Crippen LogP contribution in [0, 0.1) is 0 Å². The van der Waals surface area contributed by atoms with E-state index in [1.54, 1.807) is 7.11 Å². The molecule has 0 spiro atoms. The Balaban J connectivity index is 1.56. The minimum Gasteiger partial charge on any atom is -0.497 e. The molecule has 1 aliphatic rings. The third kappa shape index (κ3) is 4.19. The van der Waals surface area contributed by atoms with Crippen molar-refractivity contribution in [2.75, 3.05) is 13.7 Å². The van der Waals surface area contributed by atoms with Gasteiger partial charge in [-0.15, -0.1) is 0 Å². The summed E-state index contributed by atoms with van der Waals surface area (Å²) in [4.78, 5) is 6.98. The van der Waals surface area contributed by atoms with Crippen molar-refractivity contribution in [2.45, 2.75) is 38.3 Å². The molecule has 1 atom stereocenters. The van der Waals surface area contributed by atoms with Crippen LogP contribution in [0.1, 0.15) is 43.2 Å². The summed E-state index contributed by atoms with van der Waals surface area (Å²) in [6, 6.07) is 16.3. The van der Waals surface area contributed by atoms with E-state index in [0.717, 1.165) is 48.0 Å². The van der Waals surface area contributed by atoms with Crippen molar-refractivity contribution in [3.63, 3.8) is 0 Å². The molecule has 1 aromatic carbocycles. The van der Waals surface area contributed by atoms with Gasteiger partial charge in [0.1, 0.15) is 11.4 Å². The number of aromatic nitrogens is 2. The average molecular weight is 363 g/mol. The van der Waals surface area contributed by atoms with Crippen LogP contribution >= 0.6 is 0 Å². The van der Waals surface area contributed by atoms with E-state index in [2.05, 4.69) is 27.2 Å². The predicted molar refractivity (Wildman–Crippen MR) is 104 cm³/mol. The lowest BCUT2D eigenvalue weighted by atomic mass is 10.1. The third-order valence-electron chi connectivity index (χ3n) is 5.20. The molecule has 4 rings (SSSR count). The molecule has 27 heavy (non-hydrogen) atoms. The number of nitrogens with zero attached hydrogens (tertiary/aromatic N) is 3. The van der Waals surface area contributed by atoms with Gasteiger partial charge >= 0.3 is 0 Å². The van der Waals surface area contributed by atoms with E-state index in [9.17, 15) is 0 Å². The van der Waals surface area contributed by atoms with Crippen molar-refractivity contribution in [2.24, 2.45) is 0 Å². The number of benzene rings is 1. The standard InChI is InChI=1S/C22H25N3O2/c1-26-19-11-9-17(10-12-19)20-15-22(27-24-20)21-8-3-2-6-14-25(21)16-18-7-4-5-13-23-18/h4-5,7,9-13,15,21H,2-3,6,8,14,16H2,1H3. The van der Waals surface area contributed by atoms with Crippen LogP contribution in [0.2, 0.25) is 0 Å². The first-order valence-corrected chi connectivity index (χ1v) is 9.58. The minimum atomic E-state index is 0.244. The van der Waals surface area contributed by atoms with Gasteiger partial charge in [0.05, 0.1) is 18.8 Å². The largest absolute Gasteiger partial charge is 0.497 e. The molecule has 5 heteroatoms. The molecular weight excluding hydrogens is 338 g/mol. The molecular formula is C22H25N3O2. The summed E-state index contributed by atoms with van der Waals surface area (Å²) < 4.78 is 11.0. The lowest BCUT2D eigenvalue weighted by Crippen LogP contribution is -2.28. The van der Waals surface area contributed by atoms with E-state index in [1.807, 2.05) is 42.6 Å². The van der Waals surface area contributed by atoms with Crippen LogP contribution in [0.5, 0.6) is 5.75 Å². The lowest BCUT2D eigenvalue weighted by molar-refractivity contribution is 0.158. The van der Waals surface area contributed by atoms with Crippen molar-refractivity contribution in [3.8, 4) is 17.0 Å². The molecule has 0 saturated carbocycles. The van der Waals surface area contributed by atoms with Crippen molar-refractivity contribution < 1.29 is 9.26 Å². The maximum absolute atomic E-state index is 5.80. The van der Waals surface area contributed by atoms with E-state index in [-0.39, 0.29) is 6.04 Å². The third-order valence-corrected chi connectivity index (χ3v) is 5.20. The van der Waals surface area contributed by atoms with Gasteiger partial charge in [0, 0.05) is 24.4 Å². The van der Waals surface area contributed by atoms with Crippen LogP contribution in [0.25, 0.3) is 11.3 Å². The molecule has 1 unspecified atom stereocenters. The fourth-order valence-corrected chi connectivity index (χ4v) is 3.72. The zero-order chi connectivity index (χ0) is 18.5. The molecule has 1 saturated heterocycles. The summed E-state index contributed by atoms with van der Waals surface area (Å²) in [5.74, 6) is 1.78. The van der Waals surface area contributed by atoms with Crippen LogP contribution in [-0.4, -0.2) is 28.7 Å². The highest BCUT2D eigenvalue weighted by Gasteiger charge is 2.26. The topological polar surface area (TPSA) is 51.4 Å². The summed E-state index contributed by atoms with van der Waals surface area (Å²) in [6.07, 6.45) is 6.63. The summed E-state index contributed by atoms with van der Waals surface area (Å²) in [5.41, 5.74) is 3.00. The quantitative estimate of drug-likeness (QED) is 0.648. The van der Waals surface area contributed by atoms with E-state index in [4.69, 9.17) is 9.26 Å². The maximum atomic E-state index is 5.80. The first kappa shape index (κ1) is 17.7. The van der Waals surface area contributed by atoms with Gasteiger partial charge < -0.3 is 9.26 Å². The van der Waals surface area contributed by atoms with Gasteiger partial charge in [0.15, 0.2) is 5.76 Å².